The van der Waals surface area contributed by atoms with Gasteiger partial charge in [-0.2, -0.15) is 0 Å². The van der Waals surface area contributed by atoms with Gasteiger partial charge in [0.1, 0.15) is 0 Å². The second-order valence-corrected chi connectivity index (χ2v) is 6.87. The van der Waals surface area contributed by atoms with Gasteiger partial charge in [-0.15, -0.1) is 0 Å². The van der Waals surface area contributed by atoms with Crippen molar-refractivity contribution < 1.29 is 0 Å². The van der Waals surface area contributed by atoms with Gasteiger partial charge in [-0.1, -0.05) is 39.0 Å². The van der Waals surface area contributed by atoms with Gasteiger partial charge in [-0.25, -0.2) is 0 Å². The van der Waals surface area contributed by atoms with E-state index in [4.69, 9.17) is 0 Å². The average molecular weight is 235 g/mol. The second kappa shape index (κ2) is 5.30. The Kier molecular flexibility index (Phi) is 3.75. The van der Waals surface area contributed by atoms with E-state index < -0.39 is 0 Å². The Bertz CT molecular complexity index is 250. The summed E-state index contributed by atoms with van der Waals surface area (Å²) in [4.78, 5) is 0. The van der Waals surface area contributed by atoms with Crippen LogP contribution in [-0.4, -0.2) is 12.1 Å². The molecule has 0 heterocycles. The average Bonchev–Trinajstić information content (AvgIpc) is 3.08. The van der Waals surface area contributed by atoms with E-state index in [1.165, 1.54) is 57.8 Å². The van der Waals surface area contributed by atoms with E-state index in [1.807, 2.05) is 0 Å². The molecule has 0 aromatic carbocycles. The van der Waals surface area contributed by atoms with Crippen molar-refractivity contribution in [3.05, 3.63) is 0 Å². The van der Waals surface area contributed by atoms with E-state index >= 15 is 0 Å². The van der Waals surface area contributed by atoms with Gasteiger partial charge < -0.3 is 5.32 Å². The van der Waals surface area contributed by atoms with E-state index in [-0.39, 0.29) is 0 Å². The summed E-state index contributed by atoms with van der Waals surface area (Å²) in [6, 6.07) is 1.78. The van der Waals surface area contributed by atoms with E-state index in [0.717, 1.165) is 29.8 Å². The van der Waals surface area contributed by atoms with Crippen LogP contribution in [0, 0.1) is 17.8 Å². The SMILES string of the molecule is CCCC1CC1NC1CCC2CCCCC2C1. The lowest BCUT2D eigenvalue weighted by atomic mass is 9.69. The Morgan fingerprint density at radius 2 is 1.76 bits per heavy atom. The molecule has 3 aliphatic rings. The Morgan fingerprint density at radius 3 is 2.59 bits per heavy atom. The van der Waals surface area contributed by atoms with Crippen molar-refractivity contribution >= 4 is 0 Å². The van der Waals surface area contributed by atoms with Crippen LogP contribution in [-0.2, 0) is 0 Å². The van der Waals surface area contributed by atoms with Crippen LogP contribution in [0.5, 0.6) is 0 Å². The van der Waals surface area contributed by atoms with Crippen LogP contribution in [0.2, 0.25) is 0 Å². The highest BCUT2D eigenvalue weighted by atomic mass is 15.0. The first kappa shape index (κ1) is 12.0. The third-order valence-corrected chi connectivity index (χ3v) is 5.57. The molecule has 0 radical (unpaired) electrons. The fourth-order valence-corrected chi connectivity index (χ4v) is 4.47. The van der Waals surface area contributed by atoms with Crippen LogP contribution in [0.4, 0.5) is 0 Å². The number of hydrogen-bond donors (Lipinski definition) is 1. The van der Waals surface area contributed by atoms with Gasteiger partial charge in [-0.05, 0) is 49.9 Å². The molecule has 0 aromatic heterocycles. The molecule has 3 aliphatic carbocycles. The van der Waals surface area contributed by atoms with Crippen molar-refractivity contribution in [2.24, 2.45) is 17.8 Å². The fourth-order valence-electron chi connectivity index (χ4n) is 4.47. The van der Waals surface area contributed by atoms with Gasteiger partial charge in [-0.3, -0.25) is 0 Å². The van der Waals surface area contributed by atoms with Crippen molar-refractivity contribution in [2.45, 2.75) is 83.2 Å². The van der Waals surface area contributed by atoms with Gasteiger partial charge in [0.15, 0.2) is 0 Å². The minimum absolute atomic E-state index is 0.876. The first-order valence-corrected chi connectivity index (χ1v) is 8.13. The van der Waals surface area contributed by atoms with E-state index in [2.05, 4.69) is 12.2 Å². The smallest absolute Gasteiger partial charge is 0.0102 e. The van der Waals surface area contributed by atoms with Crippen molar-refractivity contribution in [3.8, 4) is 0 Å². The first-order chi connectivity index (χ1) is 8.36. The summed E-state index contributed by atoms with van der Waals surface area (Å²) in [6.07, 6.45) is 14.9. The summed E-state index contributed by atoms with van der Waals surface area (Å²) in [5.41, 5.74) is 0. The molecule has 1 heteroatoms. The Balaban J connectivity index is 1.43. The molecule has 0 amide bonds. The van der Waals surface area contributed by atoms with Crippen molar-refractivity contribution in [2.75, 3.05) is 0 Å². The zero-order valence-corrected chi connectivity index (χ0v) is 11.5. The summed E-state index contributed by atoms with van der Waals surface area (Å²) >= 11 is 0. The highest BCUT2D eigenvalue weighted by Crippen LogP contribution is 2.42. The molecule has 0 aliphatic heterocycles. The van der Waals surface area contributed by atoms with E-state index in [9.17, 15) is 0 Å². The summed E-state index contributed by atoms with van der Waals surface area (Å²) in [6.45, 7) is 2.32. The van der Waals surface area contributed by atoms with Gasteiger partial charge in [0.2, 0.25) is 0 Å². The van der Waals surface area contributed by atoms with Crippen LogP contribution in [0.1, 0.15) is 71.1 Å². The minimum Gasteiger partial charge on any atom is -0.311 e. The molecule has 3 rings (SSSR count). The lowest BCUT2D eigenvalue weighted by Crippen LogP contribution is -2.40. The monoisotopic (exact) mass is 235 g/mol. The molecule has 3 fully saturated rings. The molecule has 98 valence electrons. The maximum atomic E-state index is 3.96. The maximum Gasteiger partial charge on any atom is 0.0102 e. The van der Waals surface area contributed by atoms with Crippen LogP contribution in [0.25, 0.3) is 0 Å². The summed E-state index contributed by atoms with van der Waals surface area (Å²) in [5, 5.41) is 3.96. The third-order valence-electron chi connectivity index (χ3n) is 5.57. The summed E-state index contributed by atoms with van der Waals surface area (Å²) in [7, 11) is 0. The van der Waals surface area contributed by atoms with Crippen LogP contribution < -0.4 is 5.32 Å². The third kappa shape index (κ3) is 2.86. The maximum absolute atomic E-state index is 3.96. The molecule has 1 nitrogen and oxygen atoms in total. The molecule has 0 saturated heterocycles. The number of hydrogen-bond acceptors (Lipinski definition) is 1. The van der Waals surface area contributed by atoms with Crippen LogP contribution in [0.3, 0.4) is 0 Å². The largest absolute Gasteiger partial charge is 0.311 e. The molecule has 17 heavy (non-hydrogen) atoms. The second-order valence-electron chi connectivity index (χ2n) is 6.87. The Morgan fingerprint density at radius 1 is 0.941 bits per heavy atom. The minimum atomic E-state index is 0.876. The van der Waals surface area contributed by atoms with Crippen LogP contribution >= 0.6 is 0 Å². The number of nitrogens with one attached hydrogen (secondary N) is 1. The number of fused-ring (bicyclic) bond motifs is 1. The lowest BCUT2D eigenvalue weighted by molar-refractivity contribution is 0.142. The van der Waals surface area contributed by atoms with Gasteiger partial charge in [0.05, 0.1) is 0 Å². The zero-order chi connectivity index (χ0) is 11.7. The van der Waals surface area contributed by atoms with Crippen molar-refractivity contribution in [1.82, 2.24) is 5.32 Å². The highest BCUT2D eigenvalue weighted by Gasteiger charge is 2.39. The number of rotatable bonds is 4. The summed E-state index contributed by atoms with van der Waals surface area (Å²) in [5.74, 6) is 3.22. The lowest BCUT2D eigenvalue weighted by Gasteiger charge is -2.39. The molecular weight excluding hydrogens is 206 g/mol. The van der Waals surface area contributed by atoms with E-state index in [1.54, 1.807) is 6.42 Å². The summed E-state index contributed by atoms with van der Waals surface area (Å²) < 4.78 is 0. The van der Waals surface area contributed by atoms with Crippen molar-refractivity contribution in [3.63, 3.8) is 0 Å². The standard InChI is InChI=1S/C16H29N/c1-2-5-14-11-16(14)17-15-9-8-12-6-3-4-7-13(12)10-15/h12-17H,2-11H2,1H3. The molecule has 0 spiro atoms. The molecular formula is C16H29N. The molecule has 3 saturated carbocycles. The predicted octanol–water partition coefficient (Wildman–Crippen LogP) is 4.12. The predicted molar refractivity (Wildman–Crippen MR) is 73.0 cm³/mol. The van der Waals surface area contributed by atoms with Gasteiger partial charge in [0.25, 0.3) is 0 Å². The molecule has 0 bridgehead atoms. The first-order valence-electron chi connectivity index (χ1n) is 8.13. The van der Waals surface area contributed by atoms with Gasteiger partial charge in [0, 0.05) is 12.1 Å². The quantitative estimate of drug-likeness (QED) is 0.773. The molecule has 1 N–H and O–H groups in total. The molecule has 5 atom stereocenters. The Hall–Kier alpha value is -0.0400. The molecule has 5 unspecified atom stereocenters. The van der Waals surface area contributed by atoms with Crippen LogP contribution in [0.15, 0.2) is 0 Å². The Labute approximate surface area is 107 Å². The zero-order valence-electron chi connectivity index (χ0n) is 11.5. The van der Waals surface area contributed by atoms with Crippen molar-refractivity contribution in [1.29, 1.82) is 0 Å². The van der Waals surface area contributed by atoms with Gasteiger partial charge >= 0.3 is 0 Å². The van der Waals surface area contributed by atoms with E-state index in [0.29, 0.717) is 0 Å². The fraction of sp³-hybridized carbons (Fsp3) is 1.00. The highest BCUT2D eigenvalue weighted by molar-refractivity contribution is 4.96. The topological polar surface area (TPSA) is 12.0 Å². The molecule has 0 aromatic rings. The normalized spacial score (nSPS) is 45.4.